The molecule has 1 saturated heterocycles. The van der Waals surface area contributed by atoms with Crippen molar-refractivity contribution in [1.82, 2.24) is 4.90 Å². The Labute approximate surface area is 132 Å². The summed E-state index contributed by atoms with van der Waals surface area (Å²) >= 11 is 0. The Kier molecular flexibility index (Phi) is 5.14. The van der Waals surface area contributed by atoms with Gasteiger partial charge in [0.15, 0.2) is 0 Å². The highest BCUT2D eigenvalue weighted by Gasteiger charge is 2.46. The van der Waals surface area contributed by atoms with Crippen LogP contribution in [0.25, 0.3) is 0 Å². The number of hydrogen-bond acceptors (Lipinski definition) is 4. The minimum atomic E-state index is -1.14. The second kappa shape index (κ2) is 7.09. The Hall–Kier alpha value is -0.940. The van der Waals surface area contributed by atoms with Crippen LogP contribution < -0.4 is 0 Å². The van der Waals surface area contributed by atoms with E-state index in [1.165, 1.54) is 0 Å². The lowest BCUT2D eigenvalue weighted by Crippen LogP contribution is -2.52. The number of nitrogens with zero attached hydrogens (tertiary/aromatic N) is 1. The predicted molar refractivity (Wildman–Crippen MR) is 85.6 cm³/mol. The Morgan fingerprint density at radius 2 is 1.77 bits per heavy atom. The van der Waals surface area contributed by atoms with E-state index in [4.69, 9.17) is 4.74 Å². The maximum atomic E-state index is 11.5. The first kappa shape index (κ1) is 15.9. The number of morpholine rings is 1. The van der Waals surface area contributed by atoms with Crippen molar-refractivity contribution in [3.63, 3.8) is 0 Å². The van der Waals surface area contributed by atoms with Crippen molar-refractivity contribution in [2.45, 2.75) is 37.4 Å². The first-order valence-corrected chi connectivity index (χ1v) is 8.47. The lowest BCUT2D eigenvalue weighted by atomic mass is 9.76. The van der Waals surface area contributed by atoms with E-state index in [-0.39, 0.29) is 5.92 Å². The fourth-order valence-corrected chi connectivity index (χ4v) is 3.94. The van der Waals surface area contributed by atoms with Crippen molar-refractivity contribution in [2.24, 2.45) is 5.92 Å². The molecule has 2 unspecified atom stereocenters. The van der Waals surface area contributed by atoms with Gasteiger partial charge in [-0.1, -0.05) is 43.2 Å². The van der Waals surface area contributed by atoms with Gasteiger partial charge in [0.1, 0.15) is 5.60 Å². The van der Waals surface area contributed by atoms with E-state index in [0.717, 1.165) is 44.3 Å². The Morgan fingerprint density at radius 1 is 1.14 bits per heavy atom. The van der Waals surface area contributed by atoms with Crippen molar-refractivity contribution in [1.29, 1.82) is 0 Å². The molecule has 0 radical (unpaired) electrons. The zero-order valence-electron chi connectivity index (χ0n) is 13.2. The SMILES string of the molecule is OC(CN1CCOCC1)C(O)(c1ccccc1)C1CCCC1. The van der Waals surface area contributed by atoms with Gasteiger partial charge in [-0.05, 0) is 24.3 Å². The third kappa shape index (κ3) is 3.20. The summed E-state index contributed by atoms with van der Waals surface area (Å²) in [5.74, 6) is 0.144. The van der Waals surface area contributed by atoms with Crippen molar-refractivity contribution < 1.29 is 14.9 Å². The molecule has 1 heterocycles. The van der Waals surface area contributed by atoms with Gasteiger partial charge in [-0.2, -0.15) is 0 Å². The summed E-state index contributed by atoms with van der Waals surface area (Å²) in [5.41, 5.74) is -0.293. The monoisotopic (exact) mass is 305 g/mol. The molecule has 2 fully saturated rings. The third-order valence-corrected chi connectivity index (χ3v) is 5.26. The minimum absolute atomic E-state index is 0.144. The van der Waals surface area contributed by atoms with Crippen molar-refractivity contribution in [2.75, 3.05) is 32.8 Å². The Balaban J connectivity index is 1.81. The lowest BCUT2D eigenvalue weighted by Gasteiger charge is -2.41. The largest absolute Gasteiger partial charge is 0.388 e. The third-order valence-electron chi connectivity index (χ3n) is 5.26. The Morgan fingerprint density at radius 3 is 2.41 bits per heavy atom. The highest BCUT2D eigenvalue weighted by molar-refractivity contribution is 5.25. The zero-order valence-corrected chi connectivity index (χ0v) is 13.2. The van der Waals surface area contributed by atoms with Gasteiger partial charge in [-0.15, -0.1) is 0 Å². The summed E-state index contributed by atoms with van der Waals surface area (Å²) in [6, 6.07) is 9.72. The van der Waals surface area contributed by atoms with E-state index >= 15 is 0 Å². The quantitative estimate of drug-likeness (QED) is 0.870. The molecule has 1 aliphatic heterocycles. The number of rotatable bonds is 5. The van der Waals surface area contributed by atoms with E-state index in [2.05, 4.69) is 4.90 Å². The molecule has 4 heteroatoms. The molecule has 0 aromatic heterocycles. The number of ether oxygens (including phenoxy) is 1. The summed E-state index contributed by atoms with van der Waals surface area (Å²) < 4.78 is 5.37. The molecule has 1 aliphatic carbocycles. The van der Waals surface area contributed by atoms with E-state index in [0.29, 0.717) is 19.8 Å². The first-order chi connectivity index (χ1) is 10.7. The first-order valence-electron chi connectivity index (χ1n) is 8.47. The van der Waals surface area contributed by atoms with E-state index in [9.17, 15) is 10.2 Å². The molecule has 1 aromatic rings. The molecule has 1 aromatic carbocycles. The molecule has 0 amide bonds. The Bertz CT molecular complexity index is 455. The minimum Gasteiger partial charge on any atom is -0.388 e. The van der Waals surface area contributed by atoms with Crippen LogP contribution in [-0.4, -0.2) is 54.1 Å². The molecule has 2 N–H and O–H groups in total. The lowest BCUT2D eigenvalue weighted by molar-refractivity contribution is -0.132. The zero-order chi connectivity index (χ0) is 15.4. The van der Waals surface area contributed by atoms with Crippen LogP contribution in [0.15, 0.2) is 30.3 Å². The predicted octanol–water partition coefficient (Wildman–Crippen LogP) is 1.76. The molecular formula is C18H27NO3. The number of β-amino-alcohol motifs (C(OH)–C–C–N with tert-alkyl or cyclic N) is 1. The molecule has 22 heavy (non-hydrogen) atoms. The van der Waals surface area contributed by atoms with Crippen LogP contribution in [0, 0.1) is 5.92 Å². The molecule has 0 spiro atoms. The van der Waals surface area contributed by atoms with Gasteiger partial charge in [-0.3, -0.25) is 4.90 Å². The normalized spacial score (nSPS) is 25.0. The summed E-state index contributed by atoms with van der Waals surface area (Å²) in [6.07, 6.45) is 3.50. The molecule has 122 valence electrons. The second-order valence-corrected chi connectivity index (χ2v) is 6.60. The van der Waals surface area contributed by atoms with E-state index < -0.39 is 11.7 Å². The highest BCUT2D eigenvalue weighted by Crippen LogP contribution is 2.43. The van der Waals surface area contributed by atoms with Crippen LogP contribution in [0.3, 0.4) is 0 Å². The van der Waals surface area contributed by atoms with Crippen LogP contribution in [0.1, 0.15) is 31.2 Å². The molecule has 1 saturated carbocycles. The van der Waals surface area contributed by atoms with Crippen LogP contribution in [0.5, 0.6) is 0 Å². The molecule has 4 nitrogen and oxygen atoms in total. The van der Waals surface area contributed by atoms with Gasteiger partial charge in [0.2, 0.25) is 0 Å². The van der Waals surface area contributed by atoms with E-state index in [1.54, 1.807) is 0 Å². The van der Waals surface area contributed by atoms with Gasteiger partial charge < -0.3 is 14.9 Å². The highest BCUT2D eigenvalue weighted by atomic mass is 16.5. The molecule has 0 bridgehead atoms. The average Bonchev–Trinajstić information content (AvgIpc) is 3.11. The number of aliphatic hydroxyl groups excluding tert-OH is 1. The molecule has 2 atom stereocenters. The fraction of sp³-hybridized carbons (Fsp3) is 0.667. The average molecular weight is 305 g/mol. The number of hydrogen-bond donors (Lipinski definition) is 2. The summed E-state index contributed by atoms with van der Waals surface area (Å²) in [4.78, 5) is 2.19. The summed E-state index contributed by atoms with van der Waals surface area (Å²) in [5, 5.41) is 22.4. The molecule has 2 aliphatic rings. The smallest absolute Gasteiger partial charge is 0.119 e. The summed E-state index contributed by atoms with van der Waals surface area (Å²) in [6.45, 7) is 3.57. The topological polar surface area (TPSA) is 52.9 Å². The van der Waals surface area contributed by atoms with Crippen LogP contribution in [0.2, 0.25) is 0 Å². The van der Waals surface area contributed by atoms with Crippen molar-refractivity contribution in [3.8, 4) is 0 Å². The van der Waals surface area contributed by atoms with Crippen molar-refractivity contribution in [3.05, 3.63) is 35.9 Å². The van der Waals surface area contributed by atoms with Crippen LogP contribution >= 0.6 is 0 Å². The fourth-order valence-electron chi connectivity index (χ4n) is 3.94. The molecule has 3 rings (SSSR count). The van der Waals surface area contributed by atoms with Gasteiger partial charge in [0, 0.05) is 19.6 Å². The number of aliphatic hydroxyl groups is 2. The van der Waals surface area contributed by atoms with Gasteiger partial charge in [0.05, 0.1) is 19.3 Å². The van der Waals surface area contributed by atoms with Crippen LogP contribution in [-0.2, 0) is 10.3 Å². The van der Waals surface area contributed by atoms with Gasteiger partial charge >= 0.3 is 0 Å². The standard InChI is InChI=1S/C18H27NO3/c20-17(14-19-10-12-22-13-11-19)18(21,16-8-4-5-9-16)15-6-2-1-3-7-15/h1-3,6-7,16-17,20-21H,4-5,8-14H2. The van der Waals surface area contributed by atoms with Gasteiger partial charge in [-0.25, -0.2) is 0 Å². The van der Waals surface area contributed by atoms with E-state index in [1.807, 2.05) is 30.3 Å². The summed E-state index contributed by atoms with van der Waals surface area (Å²) in [7, 11) is 0. The number of benzene rings is 1. The van der Waals surface area contributed by atoms with Crippen molar-refractivity contribution >= 4 is 0 Å². The maximum Gasteiger partial charge on any atom is 0.119 e. The molecular weight excluding hydrogens is 278 g/mol. The van der Waals surface area contributed by atoms with Crippen LogP contribution in [0.4, 0.5) is 0 Å². The second-order valence-electron chi connectivity index (χ2n) is 6.60. The maximum absolute atomic E-state index is 11.5. The van der Waals surface area contributed by atoms with Gasteiger partial charge in [0.25, 0.3) is 0 Å².